The highest BCUT2D eigenvalue weighted by Gasteiger charge is 2.12. The minimum atomic E-state index is -0.290. The molecule has 0 fully saturated rings. The third-order valence-corrected chi connectivity index (χ3v) is 2.89. The second-order valence-corrected chi connectivity index (χ2v) is 4.23. The molecule has 0 unspecified atom stereocenters. The summed E-state index contributed by atoms with van der Waals surface area (Å²) in [4.78, 5) is 0. The molecule has 6 heteroatoms. The number of rotatable bonds is 2. The topological polar surface area (TPSA) is 61.7 Å². The molecule has 0 radical (unpaired) electrons. The summed E-state index contributed by atoms with van der Waals surface area (Å²) in [5, 5.41) is 8.34. The van der Waals surface area contributed by atoms with Gasteiger partial charge in [-0.15, -0.1) is 0 Å². The fourth-order valence-corrected chi connectivity index (χ4v) is 1.93. The van der Waals surface area contributed by atoms with Crippen LogP contribution in [0.5, 0.6) is 0 Å². The standard InChI is InChI=1S/C13H12FN5/c1-18-8-9(6-16-18)12-7-17-19(13(12)15)11-4-2-10(14)3-5-11/h2-8H,15H2,1H3. The number of benzene rings is 1. The van der Waals surface area contributed by atoms with Crippen LogP contribution in [0.2, 0.25) is 0 Å². The first-order valence-electron chi connectivity index (χ1n) is 5.73. The molecule has 5 nitrogen and oxygen atoms in total. The van der Waals surface area contributed by atoms with Crippen LogP contribution in [0.1, 0.15) is 0 Å². The van der Waals surface area contributed by atoms with Crippen molar-refractivity contribution in [2.75, 3.05) is 5.73 Å². The summed E-state index contributed by atoms with van der Waals surface area (Å²) in [5.74, 6) is 0.210. The lowest BCUT2D eigenvalue weighted by Crippen LogP contribution is -2.02. The molecule has 2 aromatic heterocycles. The van der Waals surface area contributed by atoms with Crippen molar-refractivity contribution in [1.82, 2.24) is 19.6 Å². The van der Waals surface area contributed by atoms with Crippen molar-refractivity contribution in [3.8, 4) is 16.8 Å². The number of aromatic nitrogens is 4. The molecule has 2 N–H and O–H groups in total. The molecule has 0 aliphatic rings. The first-order valence-corrected chi connectivity index (χ1v) is 5.73. The van der Waals surface area contributed by atoms with Crippen LogP contribution in [0, 0.1) is 5.82 Å². The molecule has 19 heavy (non-hydrogen) atoms. The van der Waals surface area contributed by atoms with E-state index in [0.29, 0.717) is 11.5 Å². The Hall–Kier alpha value is -2.63. The van der Waals surface area contributed by atoms with E-state index in [2.05, 4.69) is 10.2 Å². The molecular weight excluding hydrogens is 245 g/mol. The van der Waals surface area contributed by atoms with Gasteiger partial charge in [-0.2, -0.15) is 10.2 Å². The Kier molecular flexibility index (Phi) is 2.56. The van der Waals surface area contributed by atoms with Crippen LogP contribution in [-0.2, 0) is 7.05 Å². The Labute approximate surface area is 109 Å². The van der Waals surface area contributed by atoms with Gasteiger partial charge in [0, 0.05) is 24.4 Å². The monoisotopic (exact) mass is 257 g/mol. The molecular formula is C13H12FN5. The third kappa shape index (κ3) is 1.97. The van der Waals surface area contributed by atoms with E-state index in [4.69, 9.17) is 5.73 Å². The largest absolute Gasteiger partial charge is 0.383 e. The number of anilines is 1. The van der Waals surface area contributed by atoms with Gasteiger partial charge < -0.3 is 5.73 Å². The maximum absolute atomic E-state index is 12.9. The minimum Gasteiger partial charge on any atom is -0.383 e. The van der Waals surface area contributed by atoms with Gasteiger partial charge in [0.1, 0.15) is 11.6 Å². The molecule has 0 spiro atoms. The fourth-order valence-electron chi connectivity index (χ4n) is 1.93. The number of nitrogens with zero attached hydrogens (tertiary/aromatic N) is 4. The van der Waals surface area contributed by atoms with E-state index in [1.165, 1.54) is 12.1 Å². The van der Waals surface area contributed by atoms with Crippen molar-refractivity contribution in [3.05, 3.63) is 48.7 Å². The van der Waals surface area contributed by atoms with Gasteiger partial charge in [-0.1, -0.05) is 0 Å². The molecule has 3 rings (SSSR count). The van der Waals surface area contributed by atoms with E-state index < -0.39 is 0 Å². The summed E-state index contributed by atoms with van der Waals surface area (Å²) >= 11 is 0. The lowest BCUT2D eigenvalue weighted by Gasteiger charge is -2.04. The van der Waals surface area contributed by atoms with Crippen LogP contribution in [0.4, 0.5) is 10.2 Å². The Balaban J connectivity index is 2.06. The number of hydrogen-bond acceptors (Lipinski definition) is 3. The van der Waals surface area contributed by atoms with E-state index in [1.807, 2.05) is 13.2 Å². The molecule has 0 bridgehead atoms. The molecule has 0 aliphatic heterocycles. The zero-order chi connectivity index (χ0) is 13.4. The Morgan fingerprint density at radius 2 is 1.84 bits per heavy atom. The minimum absolute atomic E-state index is 0.290. The molecule has 3 aromatic rings. The summed E-state index contributed by atoms with van der Waals surface area (Å²) in [6, 6.07) is 6.01. The van der Waals surface area contributed by atoms with E-state index in [1.54, 1.807) is 33.9 Å². The van der Waals surface area contributed by atoms with Crippen molar-refractivity contribution in [2.45, 2.75) is 0 Å². The van der Waals surface area contributed by atoms with Gasteiger partial charge in [0.05, 0.1) is 18.1 Å². The highest BCUT2D eigenvalue weighted by atomic mass is 19.1. The first kappa shape index (κ1) is 11.5. The molecule has 0 saturated heterocycles. The SMILES string of the molecule is Cn1cc(-c2cnn(-c3ccc(F)cc3)c2N)cn1. The normalized spacial score (nSPS) is 10.8. The Bertz CT molecular complexity index is 711. The van der Waals surface area contributed by atoms with Crippen LogP contribution < -0.4 is 5.73 Å². The van der Waals surface area contributed by atoms with Gasteiger partial charge >= 0.3 is 0 Å². The second kappa shape index (κ2) is 4.24. The van der Waals surface area contributed by atoms with Crippen LogP contribution in [0.25, 0.3) is 16.8 Å². The summed E-state index contributed by atoms with van der Waals surface area (Å²) < 4.78 is 16.2. The van der Waals surface area contributed by atoms with Gasteiger partial charge in [-0.3, -0.25) is 4.68 Å². The molecule has 0 saturated carbocycles. The van der Waals surface area contributed by atoms with Crippen molar-refractivity contribution in [2.24, 2.45) is 7.05 Å². The molecule has 0 amide bonds. The smallest absolute Gasteiger partial charge is 0.135 e. The lowest BCUT2D eigenvalue weighted by molar-refractivity contribution is 0.627. The van der Waals surface area contributed by atoms with E-state index in [9.17, 15) is 4.39 Å². The number of halogens is 1. The molecule has 0 aliphatic carbocycles. The highest BCUT2D eigenvalue weighted by Crippen LogP contribution is 2.27. The number of nitrogen functional groups attached to an aromatic ring is 1. The van der Waals surface area contributed by atoms with E-state index >= 15 is 0 Å². The van der Waals surface area contributed by atoms with Gasteiger partial charge in [0.25, 0.3) is 0 Å². The van der Waals surface area contributed by atoms with Gasteiger partial charge in [0.15, 0.2) is 0 Å². The van der Waals surface area contributed by atoms with Crippen LogP contribution in [-0.4, -0.2) is 19.6 Å². The average Bonchev–Trinajstić information content (AvgIpc) is 2.97. The quantitative estimate of drug-likeness (QED) is 0.763. The van der Waals surface area contributed by atoms with E-state index in [0.717, 1.165) is 11.1 Å². The third-order valence-electron chi connectivity index (χ3n) is 2.89. The highest BCUT2D eigenvalue weighted by molar-refractivity contribution is 5.73. The summed E-state index contributed by atoms with van der Waals surface area (Å²) in [6.45, 7) is 0. The first-order chi connectivity index (χ1) is 9.15. The molecule has 0 atom stereocenters. The summed E-state index contributed by atoms with van der Waals surface area (Å²) in [6.07, 6.45) is 5.26. The summed E-state index contributed by atoms with van der Waals surface area (Å²) in [5.41, 5.74) is 8.50. The zero-order valence-electron chi connectivity index (χ0n) is 10.3. The van der Waals surface area contributed by atoms with Crippen molar-refractivity contribution in [1.29, 1.82) is 0 Å². The number of hydrogen-bond donors (Lipinski definition) is 1. The average molecular weight is 257 g/mol. The van der Waals surface area contributed by atoms with Crippen molar-refractivity contribution in [3.63, 3.8) is 0 Å². The van der Waals surface area contributed by atoms with Gasteiger partial charge in [-0.05, 0) is 24.3 Å². The van der Waals surface area contributed by atoms with Crippen molar-refractivity contribution >= 4 is 5.82 Å². The van der Waals surface area contributed by atoms with Gasteiger partial charge in [-0.25, -0.2) is 9.07 Å². The number of aryl methyl sites for hydroxylation is 1. The van der Waals surface area contributed by atoms with Crippen LogP contribution >= 0.6 is 0 Å². The fraction of sp³-hybridized carbons (Fsp3) is 0.0769. The zero-order valence-corrected chi connectivity index (χ0v) is 10.3. The number of nitrogens with two attached hydrogens (primary N) is 1. The molecule has 2 heterocycles. The van der Waals surface area contributed by atoms with E-state index in [-0.39, 0.29) is 5.82 Å². The lowest BCUT2D eigenvalue weighted by atomic mass is 10.2. The molecule has 96 valence electrons. The predicted molar refractivity (Wildman–Crippen MR) is 70.1 cm³/mol. The summed E-state index contributed by atoms with van der Waals surface area (Å²) in [7, 11) is 1.84. The van der Waals surface area contributed by atoms with Crippen LogP contribution in [0.3, 0.4) is 0 Å². The second-order valence-electron chi connectivity index (χ2n) is 4.23. The Morgan fingerprint density at radius 3 is 2.47 bits per heavy atom. The Morgan fingerprint density at radius 1 is 1.11 bits per heavy atom. The van der Waals surface area contributed by atoms with Crippen LogP contribution in [0.15, 0.2) is 42.9 Å². The predicted octanol–water partition coefficient (Wildman–Crippen LogP) is 1.99. The van der Waals surface area contributed by atoms with Gasteiger partial charge in [0.2, 0.25) is 0 Å². The maximum Gasteiger partial charge on any atom is 0.135 e. The maximum atomic E-state index is 12.9. The molecule has 1 aromatic carbocycles. The van der Waals surface area contributed by atoms with Crippen molar-refractivity contribution < 1.29 is 4.39 Å².